The Morgan fingerprint density at radius 1 is 1.47 bits per heavy atom. The Morgan fingerprint density at radius 2 is 2.21 bits per heavy atom. The summed E-state index contributed by atoms with van der Waals surface area (Å²) in [6.07, 6.45) is 2.85. The standard InChI is InChI=1S/C10H10ClFN4O2S/c11-8-1-6(13)2-9(10(8)12)19(17,18)16-4-7-3-14-5-15-7/h1-3,5,16H,4,13H2,(H,14,15). The maximum absolute atomic E-state index is 13.7. The van der Waals surface area contributed by atoms with Gasteiger partial charge < -0.3 is 10.7 Å². The molecule has 0 aliphatic carbocycles. The van der Waals surface area contributed by atoms with E-state index < -0.39 is 20.7 Å². The van der Waals surface area contributed by atoms with Gasteiger partial charge in [-0.05, 0) is 12.1 Å². The molecular formula is C10H10ClFN4O2S. The number of nitrogens with zero attached hydrogens (tertiary/aromatic N) is 1. The SMILES string of the molecule is Nc1cc(Cl)c(F)c(S(=O)(=O)NCc2cnc[nH]2)c1. The highest BCUT2D eigenvalue weighted by molar-refractivity contribution is 7.89. The molecule has 0 radical (unpaired) electrons. The van der Waals surface area contributed by atoms with Gasteiger partial charge in [0.15, 0.2) is 5.82 Å². The molecule has 0 unspecified atom stereocenters. The first kappa shape index (κ1) is 13.8. The molecule has 9 heteroatoms. The van der Waals surface area contributed by atoms with Crippen LogP contribution < -0.4 is 10.5 Å². The number of imidazole rings is 1. The Hall–Kier alpha value is -1.64. The minimum Gasteiger partial charge on any atom is -0.399 e. The zero-order valence-electron chi connectivity index (χ0n) is 9.52. The van der Waals surface area contributed by atoms with Crippen LogP contribution in [-0.2, 0) is 16.6 Å². The fraction of sp³-hybridized carbons (Fsp3) is 0.100. The van der Waals surface area contributed by atoms with Crippen molar-refractivity contribution in [3.05, 3.63) is 41.2 Å². The third-order valence-corrected chi connectivity index (χ3v) is 3.99. The van der Waals surface area contributed by atoms with E-state index in [1.165, 1.54) is 12.5 Å². The summed E-state index contributed by atoms with van der Waals surface area (Å²) in [6, 6.07) is 2.15. The Bertz CT molecular complexity index is 688. The van der Waals surface area contributed by atoms with Crippen molar-refractivity contribution in [3.63, 3.8) is 0 Å². The van der Waals surface area contributed by atoms with Gasteiger partial charge in [-0.3, -0.25) is 0 Å². The molecule has 1 heterocycles. The van der Waals surface area contributed by atoms with Crippen molar-refractivity contribution in [1.29, 1.82) is 0 Å². The first-order valence-corrected chi connectivity index (χ1v) is 6.97. The molecule has 4 N–H and O–H groups in total. The Morgan fingerprint density at radius 3 is 2.84 bits per heavy atom. The third kappa shape index (κ3) is 3.03. The molecular weight excluding hydrogens is 295 g/mol. The molecule has 0 atom stereocenters. The zero-order chi connectivity index (χ0) is 14.0. The number of nitrogens with two attached hydrogens (primary N) is 1. The number of anilines is 1. The topological polar surface area (TPSA) is 101 Å². The van der Waals surface area contributed by atoms with E-state index in [0.29, 0.717) is 5.69 Å². The van der Waals surface area contributed by atoms with Crippen LogP contribution in [0.5, 0.6) is 0 Å². The number of hydrogen-bond donors (Lipinski definition) is 3. The van der Waals surface area contributed by atoms with Crippen LogP contribution in [0.2, 0.25) is 5.02 Å². The van der Waals surface area contributed by atoms with Crippen molar-refractivity contribution in [1.82, 2.24) is 14.7 Å². The molecule has 19 heavy (non-hydrogen) atoms. The number of nitrogen functional groups attached to an aromatic ring is 1. The van der Waals surface area contributed by atoms with Gasteiger partial charge in [0.25, 0.3) is 0 Å². The van der Waals surface area contributed by atoms with Gasteiger partial charge in [-0.15, -0.1) is 0 Å². The zero-order valence-corrected chi connectivity index (χ0v) is 11.1. The van der Waals surface area contributed by atoms with Crippen LogP contribution in [-0.4, -0.2) is 18.4 Å². The lowest BCUT2D eigenvalue weighted by molar-refractivity contribution is 0.556. The van der Waals surface area contributed by atoms with Crippen LogP contribution in [0.15, 0.2) is 29.6 Å². The van der Waals surface area contributed by atoms with Crippen LogP contribution in [0, 0.1) is 5.82 Å². The minimum absolute atomic E-state index is 0.0474. The third-order valence-electron chi connectivity index (χ3n) is 2.31. The summed E-state index contributed by atoms with van der Waals surface area (Å²) in [5.74, 6) is -1.03. The number of benzene rings is 1. The molecule has 0 bridgehead atoms. The van der Waals surface area contributed by atoms with E-state index in [4.69, 9.17) is 17.3 Å². The van der Waals surface area contributed by atoms with Crippen molar-refractivity contribution in [2.45, 2.75) is 11.4 Å². The summed E-state index contributed by atoms with van der Waals surface area (Å²) in [4.78, 5) is 5.87. The maximum atomic E-state index is 13.7. The highest BCUT2D eigenvalue weighted by Gasteiger charge is 2.21. The highest BCUT2D eigenvalue weighted by atomic mass is 35.5. The number of aromatic nitrogens is 2. The fourth-order valence-electron chi connectivity index (χ4n) is 1.41. The molecule has 0 aliphatic heterocycles. The van der Waals surface area contributed by atoms with Crippen molar-refractivity contribution in [2.24, 2.45) is 0 Å². The maximum Gasteiger partial charge on any atom is 0.243 e. The molecule has 1 aromatic heterocycles. The lowest BCUT2D eigenvalue weighted by Gasteiger charge is -2.08. The summed E-state index contributed by atoms with van der Waals surface area (Å²) in [6.45, 7) is -0.0474. The van der Waals surface area contributed by atoms with Crippen LogP contribution in [0.4, 0.5) is 10.1 Å². The largest absolute Gasteiger partial charge is 0.399 e. The van der Waals surface area contributed by atoms with E-state index in [0.717, 1.165) is 12.1 Å². The lowest BCUT2D eigenvalue weighted by atomic mass is 10.3. The summed E-state index contributed by atoms with van der Waals surface area (Å²) in [7, 11) is -4.05. The number of nitrogens with one attached hydrogen (secondary N) is 2. The summed E-state index contributed by atoms with van der Waals surface area (Å²) in [5, 5.41) is -0.345. The van der Waals surface area contributed by atoms with Crippen LogP contribution >= 0.6 is 11.6 Å². The summed E-state index contributed by atoms with van der Waals surface area (Å²) < 4.78 is 39.8. The summed E-state index contributed by atoms with van der Waals surface area (Å²) >= 11 is 5.56. The van der Waals surface area contributed by atoms with Gasteiger partial charge in [0.2, 0.25) is 10.0 Å². The van der Waals surface area contributed by atoms with Gasteiger partial charge in [0.1, 0.15) is 4.90 Å². The van der Waals surface area contributed by atoms with Gasteiger partial charge in [-0.25, -0.2) is 22.5 Å². The van der Waals surface area contributed by atoms with Crippen molar-refractivity contribution >= 4 is 27.3 Å². The molecule has 0 saturated heterocycles. The van der Waals surface area contributed by atoms with Crippen LogP contribution in [0.25, 0.3) is 0 Å². The second kappa shape index (κ2) is 5.16. The molecule has 0 amide bonds. The van der Waals surface area contributed by atoms with Gasteiger partial charge >= 0.3 is 0 Å². The van der Waals surface area contributed by atoms with E-state index in [-0.39, 0.29) is 17.3 Å². The molecule has 1 aromatic carbocycles. The van der Waals surface area contributed by atoms with Gasteiger partial charge in [0.05, 0.1) is 17.9 Å². The molecule has 2 rings (SSSR count). The smallest absolute Gasteiger partial charge is 0.243 e. The van der Waals surface area contributed by atoms with E-state index in [1.54, 1.807) is 0 Å². The first-order chi connectivity index (χ1) is 8.90. The molecule has 6 nitrogen and oxygen atoms in total. The number of halogens is 2. The number of aromatic amines is 1. The first-order valence-electron chi connectivity index (χ1n) is 5.11. The average molecular weight is 305 g/mol. The molecule has 0 spiro atoms. The lowest BCUT2D eigenvalue weighted by Crippen LogP contribution is -2.24. The van der Waals surface area contributed by atoms with Gasteiger partial charge in [-0.2, -0.15) is 0 Å². The Labute approximate surface area is 113 Å². The van der Waals surface area contributed by atoms with Crippen molar-refractivity contribution < 1.29 is 12.8 Å². The van der Waals surface area contributed by atoms with Crippen LogP contribution in [0.3, 0.4) is 0 Å². The Balaban J connectivity index is 2.29. The fourth-order valence-corrected chi connectivity index (χ4v) is 2.83. The number of H-pyrrole nitrogens is 1. The normalized spacial score (nSPS) is 11.7. The van der Waals surface area contributed by atoms with E-state index >= 15 is 0 Å². The summed E-state index contributed by atoms with van der Waals surface area (Å²) in [5.41, 5.74) is 6.06. The van der Waals surface area contributed by atoms with Crippen molar-refractivity contribution in [2.75, 3.05) is 5.73 Å². The van der Waals surface area contributed by atoms with E-state index in [1.807, 2.05) is 0 Å². The number of sulfonamides is 1. The molecule has 0 fully saturated rings. The van der Waals surface area contributed by atoms with E-state index in [2.05, 4.69) is 14.7 Å². The number of hydrogen-bond acceptors (Lipinski definition) is 4. The minimum atomic E-state index is -4.05. The van der Waals surface area contributed by atoms with Gasteiger partial charge in [0, 0.05) is 17.6 Å². The predicted molar refractivity (Wildman–Crippen MR) is 68.4 cm³/mol. The molecule has 0 aliphatic rings. The number of rotatable bonds is 4. The average Bonchev–Trinajstić information content (AvgIpc) is 2.84. The quantitative estimate of drug-likeness (QED) is 0.740. The molecule has 102 valence electrons. The monoisotopic (exact) mass is 304 g/mol. The van der Waals surface area contributed by atoms with Gasteiger partial charge in [-0.1, -0.05) is 11.6 Å². The second-order valence-corrected chi connectivity index (χ2v) is 5.86. The Kier molecular flexibility index (Phi) is 3.74. The van der Waals surface area contributed by atoms with Crippen molar-refractivity contribution in [3.8, 4) is 0 Å². The molecule has 0 saturated carbocycles. The molecule has 2 aromatic rings. The highest BCUT2D eigenvalue weighted by Crippen LogP contribution is 2.25. The second-order valence-electron chi connectivity index (χ2n) is 3.72. The predicted octanol–water partition coefficient (Wildman–Crippen LogP) is 1.26. The van der Waals surface area contributed by atoms with Crippen LogP contribution in [0.1, 0.15) is 5.69 Å². The van der Waals surface area contributed by atoms with E-state index in [9.17, 15) is 12.8 Å².